The Hall–Kier alpha value is -3.35. The van der Waals surface area contributed by atoms with E-state index in [2.05, 4.69) is 10.6 Å². The number of nitrogens with one attached hydrogen (secondary N) is 2. The van der Waals surface area contributed by atoms with Gasteiger partial charge in [-0.15, -0.1) is 0 Å². The van der Waals surface area contributed by atoms with Crippen LogP contribution >= 0.6 is 0 Å². The lowest BCUT2D eigenvalue weighted by Crippen LogP contribution is -2.54. The van der Waals surface area contributed by atoms with Gasteiger partial charge >= 0.3 is 6.09 Å². The Bertz CT molecular complexity index is 1110. The van der Waals surface area contributed by atoms with E-state index in [4.69, 9.17) is 4.74 Å². The molecule has 2 rings (SSSR count). The monoisotopic (exact) mass is 523 g/mol. The van der Waals surface area contributed by atoms with Crippen LogP contribution in [0.5, 0.6) is 0 Å². The summed E-state index contributed by atoms with van der Waals surface area (Å²) < 4.78 is 5.46. The number of anilines is 1. The van der Waals surface area contributed by atoms with E-state index in [1.807, 2.05) is 90.9 Å². The fourth-order valence-corrected chi connectivity index (χ4v) is 4.52. The minimum absolute atomic E-state index is 0.119. The van der Waals surface area contributed by atoms with Crippen LogP contribution in [0, 0.1) is 26.7 Å². The summed E-state index contributed by atoms with van der Waals surface area (Å²) in [5.74, 6) is -0.517. The average molecular weight is 524 g/mol. The normalized spacial score (nSPS) is 13.2. The largest absolute Gasteiger partial charge is 0.444 e. The fourth-order valence-electron chi connectivity index (χ4n) is 4.52. The van der Waals surface area contributed by atoms with Gasteiger partial charge in [0.25, 0.3) is 5.91 Å². The van der Waals surface area contributed by atoms with Crippen LogP contribution in [-0.4, -0.2) is 40.5 Å². The maximum atomic E-state index is 14.2. The minimum atomic E-state index is -0.905. The van der Waals surface area contributed by atoms with Crippen molar-refractivity contribution in [1.82, 2.24) is 10.2 Å². The topological polar surface area (TPSA) is 87.7 Å². The molecular weight excluding hydrogens is 478 g/mol. The number of nitrogens with zero attached hydrogens (tertiary/aromatic N) is 1. The van der Waals surface area contributed by atoms with Gasteiger partial charge in [0.15, 0.2) is 0 Å². The van der Waals surface area contributed by atoms with Crippen LogP contribution in [0.3, 0.4) is 0 Å². The van der Waals surface area contributed by atoms with Gasteiger partial charge < -0.3 is 20.3 Å². The first kappa shape index (κ1) is 30.9. The van der Waals surface area contributed by atoms with Crippen LogP contribution < -0.4 is 10.6 Å². The number of hydrogen-bond donors (Lipinski definition) is 2. The summed E-state index contributed by atoms with van der Waals surface area (Å²) >= 11 is 0. The van der Waals surface area contributed by atoms with E-state index < -0.39 is 23.8 Å². The van der Waals surface area contributed by atoms with Crippen molar-refractivity contribution in [3.63, 3.8) is 0 Å². The molecule has 2 atom stereocenters. The third kappa shape index (κ3) is 8.33. The molecule has 38 heavy (non-hydrogen) atoms. The highest BCUT2D eigenvalue weighted by Crippen LogP contribution is 2.30. The number of hydrogen-bond acceptors (Lipinski definition) is 4. The Labute approximate surface area is 228 Å². The predicted octanol–water partition coefficient (Wildman–Crippen LogP) is 6.47. The van der Waals surface area contributed by atoms with Crippen LogP contribution in [0.15, 0.2) is 42.5 Å². The van der Waals surface area contributed by atoms with Gasteiger partial charge in [0.05, 0.1) is 0 Å². The van der Waals surface area contributed by atoms with Gasteiger partial charge in [0.2, 0.25) is 5.91 Å². The van der Waals surface area contributed by atoms with Crippen molar-refractivity contribution in [2.24, 2.45) is 5.92 Å². The number of aryl methyl sites for hydroxylation is 3. The van der Waals surface area contributed by atoms with Crippen LogP contribution in [0.1, 0.15) is 83.2 Å². The molecule has 0 saturated heterocycles. The number of carbonyl (C=O) groups excluding carboxylic acids is 3. The molecule has 0 saturated carbocycles. The molecule has 0 spiro atoms. The molecule has 2 aromatic rings. The highest BCUT2D eigenvalue weighted by molar-refractivity contribution is 6.00. The number of rotatable bonds is 9. The number of para-hydroxylation sites is 1. The molecule has 0 aromatic heterocycles. The standard InChI is InChI=1S/C31H45N3O4/c1-19(2)18-25(32-30(37)38-31(8,9)10)29(36)34(20(3)4)27(24-17-12-11-14-21(24)5)28(35)33-26-22(6)15-13-16-23(26)7/h11-17,19-20,25,27H,18H2,1-10H3,(H,32,37)(H,33,35). The van der Waals surface area contributed by atoms with Crippen LogP contribution in [0.2, 0.25) is 0 Å². The molecule has 7 nitrogen and oxygen atoms in total. The number of ether oxygens (including phenoxy) is 1. The van der Waals surface area contributed by atoms with Crippen molar-refractivity contribution < 1.29 is 19.1 Å². The van der Waals surface area contributed by atoms with Gasteiger partial charge in [-0.1, -0.05) is 56.3 Å². The summed E-state index contributed by atoms with van der Waals surface area (Å²) in [4.78, 5) is 42.6. The first-order valence-electron chi connectivity index (χ1n) is 13.4. The molecule has 2 N–H and O–H groups in total. The maximum Gasteiger partial charge on any atom is 0.408 e. The quantitative estimate of drug-likeness (QED) is 0.394. The lowest BCUT2D eigenvalue weighted by Gasteiger charge is -2.38. The zero-order chi connectivity index (χ0) is 28.8. The SMILES string of the molecule is Cc1ccccc1C(C(=O)Nc1c(C)cccc1C)N(C(=O)C(CC(C)C)NC(=O)OC(C)(C)C)C(C)C. The zero-order valence-corrected chi connectivity index (χ0v) is 24.6. The minimum Gasteiger partial charge on any atom is -0.444 e. The number of benzene rings is 2. The van der Waals surface area contributed by atoms with Gasteiger partial charge in [-0.05, 0) is 90.0 Å². The zero-order valence-electron chi connectivity index (χ0n) is 24.6. The first-order valence-corrected chi connectivity index (χ1v) is 13.4. The molecule has 0 bridgehead atoms. The molecule has 0 aliphatic rings. The summed E-state index contributed by atoms with van der Waals surface area (Å²) in [6.45, 7) is 18.9. The van der Waals surface area contributed by atoms with E-state index in [1.165, 1.54) is 0 Å². The highest BCUT2D eigenvalue weighted by Gasteiger charge is 2.38. The third-order valence-corrected chi connectivity index (χ3v) is 6.25. The second-order valence-electron chi connectivity index (χ2n) is 11.7. The summed E-state index contributed by atoms with van der Waals surface area (Å²) in [6, 6.07) is 11.3. The van der Waals surface area contributed by atoms with E-state index in [-0.39, 0.29) is 23.8 Å². The second-order valence-corrected chi connectivity index (χ2v) is 11.7. The molecule has 0 radical (unpaired) electrons. The highest BCUT2D eigenvalue weighted by atomic mass is 16.6. The Kier molecular flexibility index (Phi) is 10.5. The molecule has 0 fully saturated rings. The Morgan fingerprint density at radius 1 is 0.868 bits per heavy atom. The van der Waals surface area contributed by atoms with E-state index in [0.29, 0.717) is 6.42 Å². The maximum absolute atomic E-state index is 14.2. The summed E-state index contributed by atoms with van der Waals surface area (Å²) in [7, 11) is 0. The van der Waals surface area contributed by atoms with E-state index in [9.17, 15) is 14.4 Å². The molecule has 2 aromatic carbocycles. The molecule has 3 amide bonds. The van der Waals surface area contributed by atoms with Crippen molar-refractivity contribution in [2.45, 2.75) is 99.4 Å². The Morgan fingerprint density at radius 3 is 1.92 bits per heavy atom. The van der Waals surface area contributed by atoms with Crippen LogP contribution in [0.25, 0.3) is 0 Å². The molecule has 7 heteroatoms. The summed E-state index contributed by atoms with van der Waals surface area (Å²) in [5.41, 5.74) is 3.54. The number of amides is 3. The van der Waals surface area contributed by atoms with Gasteiger partial charge in [-0.3, -0.25) is 9.59 Å². The van der Waals surface area contributed by atoms with Gasteiger partial charge in [0.1, 0.15) is 17.7 Å². The third-order valence-electron chi connectivity index (χ3n) is 6.25. The van der Waals surface area contributed by atoms with E-state index in [1.54, 1.807) is 25.7 Å². The Balaban J connectivity index is 2.57. The molecule has 208 valence electrons. The lowest BCUT2D eigenvalue weighted by atomic mass is 9.95. The smallest absolute Gasteiger partial charge is 0.408 e. The number of alkyl carbamates (subject to hydrolysis) is 1. The molecular formula is C31H45N3O4. The van der Waals surface area contributed by atoms with Crippen molar-refractivity contribution in [3.8, 4) is 0 Å². The lowest BCUT2D eigenvalue weighted by molar-refractivity contribution is -0.143. The molecule has 0 aliphatic carbocycles. The van der Waals surface area contributed by atoms with Crippen molar-refractivity contribution in [1.29, 1.82) is 0 Å². The number of carbonyl (C=O) groups is 3. The van der Waals surface area contributed by atoms with Crippen molar-refractivity contribution >= 4 is 23.6 Å². The van der Waals surface area contributed by atoms with Crippen LogP contribution in [-0.2, 0) is 14.3 Å². The first-order chi connectivity index (χ1) is 17.6. The predicted molar refractivity (Wildman–Crippen MR) is 153 cm³/mol. The van der Waals surface area contributed by atoms with Gasteiger partial charge in [-0.25, -0.2) is 4.79 Å². The molecule has 0 heterocycles. The van der Waals surface area contributed by atoms with Crippen LogP contribution in [0.4, 0.5) is 10.5 Å². The van der Waals surface area contributed by atoms with Gasteiger partial charge in [0, 0.05) is 11.7 Å². The molecule has 0 aliphatic heterocycles. The van der Waals surface area contributed by atoms with E-state index in [0.717, 1.165) is 27.9 Å². The fraction of sp³-hybridized carbons (Fsp3) is 0.516. The van der Waals surface area contributed by atoms with Gasteiger partial charge in [-0.2, -0.15) is 0 Å². The summed E-state index contributed by atoms with van der Waals surface area (Å²) in [5, 5.41) is 5.88. The summed E-state index contributed by atoms with van der Waals surface area (Å²) in [6.07, 6.45) is -0.257. The second kappa shape index (κ2) is 12.9. The molecule has 2 unspecified atom stereocenters. The van der Waals surface area contributed by atoms with Crippen molar-refractivity contribution in [3.05, 3.63) is 64.7 Å². The average Bonchev–Trinajstić information content (AvgIpc) is 2.77. The Morgan fingerprint density at radius 2 is 1.42 bits per heavy atom. The van der Waals surface area contributed by atoms with E-state index >= 15 is 0 Å². The van der Waals surface area contributed by atoms with Crippen molar-refractivity contribution in [2.75, 3.05) is 5.32 Å².